The highest BCUT2D eigenvalue weighted by Gasteiger charge is 2.17. The fourth-order valence-electron chi connectivity index (χ4n) is 2.70. The van der Waals surface area contributed by atoms with Crippen LogP contribution in [0.3, 0.4) is 0 Å². The number of benzene rings is 2. The number of nitrogens with zero attached hydrogens (tertiary/aromatic N) is 2. The normalized spacial score (nSPS) is 11.8. The van der Waals surface area contributed by atoms with Crippen LogP contribution >= 0.6 is 0 Å². The molecule has 3 N–H and O–H groups in total. The summed E-state index contributed by atoms with van der Waals surface area (Å²) < 4.78 is 30.5. The molecule has 8 nitrogen and oxygen atoms in total. The summed E-state index contributed by atoms with van der Waals surface area (Å²) in [6.07, 6.45) is 0. The lowest BCUT2D eigenvalue weighted by atomic mass is 10.1. The van der Waals surface area contributed by atoms with Crippen LogP contribution in [0.2, 0.25) is 0 Å². The number of sulfonamides is 1. The smallest absolute Gasteiger partial charge is 0.328 e. The molecule has 2 aromatic carbocycles. The van der Waals surface area contributed by atoms with Crippen molar-refractivity contribution in [2.24, 2.45) is 19.8 Å². The molecule has 3 aromatic rings. The summed E-state index contributed by atoms with van der Waals surface area (Å²) in [5, 5.41) is 0. The van der Waals surface area contributed by atoms with Crippen LogP contribution in [-0.4, -0.2) is 23.5 Å². The van der Waals surface area contributed by atoms with Gasteiger partial charge in [0.25, 0.3) is 0 Å². The number of primary amides is 1. The molecule has 0 atom stereocenters. The molecule has 9 heteroatoms. The van der Waals surface area contributed by atoms with E-state index >= 15 is 0 Å². The number of amides is 1. The van der Waals surface area contributed by atoms with Gasteiger partial charge in [0, 0.05) is 26.2 Å². The lowest BCUT2D eigenvalue weighted by molar-refractivity contribution is 0.100. The number of aryl methyl sites for hydroxylation is 2. The minimum absolute atomic E-state index is 0.0626. The third kappa shape index (κ3) is 3.14. The molecule has 26 heavy (non-hydrogen) atoms. The molecule has 0 spiro atoms. The Kier molecular flexibility index (Phi) is 4.43. The third-order valence-electron chi connectivity index (χ3n) is 4.26. The number of hydrogen-bond acceptors (Lipinski definition) is 4. The van der Waals surface area contributed by atoms with Crippen LogP contribution in [-0.2, 0) is 30.7 Å². The molecule has 0 aliphatic rings. The van der Waals surface area contributed by atoms with Crippen molar-refractivity contribution < 1.29 is 13.2 Å². The predicted octanol–water partition coefficient (Wildman–Crippen LogP) is 0.454. The highest BCUT2D eigenvalue weighted by Crippen LogP contribution is 2.18. The van der Waals surface area contributed by atoms with Crippen molar-refractivity contribution in [1.82, 2.24) is 13.9 Å². The van der Waals surface area contributed by atoms with E-state index in [0.29, 0.717) is 22.2 Å². The van der Waals surface area contributed by atoms with Gasteiger partial charge in [0.05, 0.1) is 15.9 Å². The zero-order valence-corrected chi connectivity index (χ0v) is 15.1. The molecular weight excluding hydrogens is 356 g/mol. The molecule has 1 heterocycles. The van der Waals surface area contributed by atoms with Crippen molar-refractivity contribution in [3.8, 4) is 0 Å². The maximum absolute atomic E-state index is 12.5. The van der Waals surface area contributed by atoms with Crippen molar-refractivity contribution >= 4 is 27.0 Å². The fraction of sp³-hybridized carbons (Fsp3) is 0.176. The zero-order valence-electron chi connectivity index (χ0n) is 14.3. The number of nitrogens with two attached hydrogens (primary N) is 1. The Balaban J connectivity index is 1.86. The minimum atomic E-state index is -3.76. The van der Waals surface area contributed by atoms with Gasteiger partial charge in [-0.25, -0.2) is 17.9 Å². The van der Waals surface area contributed by atoms with Gasteiger partial charge in [0.1, 0.15) is 0 Å². The average Bonchev–Trinajstić information content (AvgIpc) is 2.84. The molecule has 0 radical (unpaired) electrons. The fourth-order valence-corrected chi connectivity index (χ4v) is 3.74. The zero-order chi connectivity index (χ0) is 19.1. The molecule has 3 rings (SSSR count). The Morgan fingerprint density at radius 1 is 1.04 bits per heavy atom. The summed E-state index contributed by atoms with van der Waals surface area (Å²) in [4.78, 5) is 23.1. The summed E-state index contributed by atoms with van der Waals surface area (Å²) in [5.74, 6) is -0.543. The topological polar surface area (TPSA) is 116 Å². The number of carbonyl (C=O) groups excluding carboxylic acids is 1. The van der Waals surface area contributed by atoms with Gasteiger partial charge in [0.2, 0.25) is 15.9 Å². The van der Waals surface area contributed by atoms with Crippen molar-refractivity contribution in [2.45, 2.75) is 11.4 Å². The Morgan fingerprint density at radius 3 is 2.27 bits per heavy atom. The van der Waals surface area contributed by atoms with Crippen LogP contribution in [0.1, 0.15) is 15.9 Å². The molecule has 0 aliphatic heterocycles. The van der Waals surface area contributed by atoms with Gasteiger partial charge in [-0.3, -0.25) is 13.9 Å². The second-order valence-electron chi connectivity index (χ2n) is 5.94. The van der Waals surface area contributed by atoms with Crippen LogP contribution in [0.4, 0.5) is 0 Å². The van der Waals surface area contributed by atoms with Gasteiger partial charge in [-0.2, -0.15) is 0 Å². The first kappa shape index (κ1) is 17.9. The minimum Gasteiger partial charge on any atom is -0.366 e. The van der Waals surface area contributed by atoms with Crippen molar-refractivity contribution in [1.29, 1.82) is 0 Å². The van der Waals surface area contributed by atoms with Crippen LogP contribution in [0.5, 0.6) is 0 Å². The number of nitrogens with one attached hydrogen (secondary N) is 1. The van der Waals surface area contributed by atoms with Crippen LogP contribution in [0.15, 0.2) is 52.2 Å². The van der Waals surface area contributed by atoms with E-state index in [-0.39, 0.29) is 17.1 Å². The Hall–Kier alpha value is -2.91. The van der Waals surface area contributed by atoms with E-state index in [1.54, 1.807) is 32.3 Å². The molecule has 0 aliphatic carbocycles. The number of carbonyl (C=O) groups is 1. The van der Waals surface area contributed by atoms with Crippen molar-refractivity contribution in [3.05, 3.63) is 64.1 Å². The molecule has 0 unspecified atom stereocenters. The van der Waals surface area contributed by atoms with E-state index in [1.807, 2.05) is 0 Å². The molecule has 1 amide bonds. The summed E-state index contributed by atoms with van der Waals surface area (Å²) in [6.45, 7) is 0.0626. The standard InChI is InChI=1S/C17H18N4O4S/c1-20-14-8-7-13(9-15(14)21(2)17(20)23)26(24,25)19-10-11-3-5-12(6-4-11)16(18)22/h3-9,19H,10H2,1-2H3,(H2,18,22). The van der Waals surface area contributed by atoms with E-state index in [4.69, 9.17) is 5.73 Å². The van der Waals surface area contributed by atoms with Gasteiger partial charge in [-0.15, -0.1) is 0 Å². The SMILES string of the molecule is Cn1c(=O)n(C)c2cc(S(=O)(=O)NCc3ccc(C(N)=O)cc3)ccc21. The van der Waals surface area contributed by atoms with E-state index in [9.17, 15) is 18.0 Å². The van der Waals surface area contributed by atoms with Gasteiger partial charge in [-0.05, 0) is 35.9 Å². The first-order valence-electron chi connectivity index (χ1n) is 7.74. The third-order valence-corrected chi connectivity index (χ3v) is 5.66. The van der Waals surface area contributed by atoms with Gasteiger partial charge < -0.3 is 5.73 Å². The average molecular weight is 374 g/mol. The Morgan fingerprint density at radius 2 is 1.65 bits per heavy atom. The first-order valence-corrected chi connectivity index (χ1v) is 9.23. The second-order valence-corrected chi connectivity index (χ2v) is 7.70. The highest BCUT2D eigenvalue weighted by molar-refractivity contribution is 7.89. The van der Waals surface area contributed by atoms with Crippen LogP contribution < -0.4 is 16.1 Å². The summed E-state index contributed by atoms with van der Waals surface area (Å²) >= 11 is 0. The second kappa shape index (κ2) is 6.43. The van der Waals surface area contributed by atoms with Crippen molar-refractivity contribution in [2.75, 3.05) is 0 Å². The number of imidazole rings is 1. The van der Waals surface area contributed by atoms with E-state index in [1.165, 1.54) is 33.4 Å². The monoisotopic (exact) mass is 374 g/mol. The van der Waals surface area contributed by atoms with Crippen LogP contribution in [0, 0.1) is 0 Å². The van der Waals surface area contributed by atoms with Gasteiger partial charge in [0.15, 0.2) is 0 Å². The molecule has 136 valence electrons. The summed E-state index contributed by atoms with van der Waals surface area (Å²) in [6, 6.07) is 10.9. The van der Waals surface area contributed by atoms with Gasteiger partial charge in [-0.1, -0.05) is 12.1 Å². The molecule has 0 saturated heterocycles. The maximum atomic E-state index is 12.5. The van der Waals surface area contributed by atoms with E-state index in [2.05, 4.69) is 4.72 Å². The quantitative estimate of drug-likeness (QED) is 0.674. The first-order chi connectivity index (χ1) is 12.2. The predicted molar refractivity (Wildman–Crippen MR) is 97.1 cm³/mol. The number of hydrogen-bond donors (Lipinski definition) is 2. The van der Waals surface area contributed by atoms with E-state index < -0.39 is 15.9 Å². The van der Waals surface area contributed by atoms with Crippen molar-refractivity contribution in [3.63, 3.8) is 0 Å². The summed E-state index contributed by atoms with van der Waals surface area (Å²) in [7, 11) is -0.539. The molecule has 0 saturated carbocycles. The number of aromatic nitrogens is 2. The number of fused-ring (bicyclic) bond motifs is 1. The number of rotatable bonds is 5. The molecule has 0 fully saturated rings. The van der Waals surface area contributed by atoms with E-state index in [0.717, 1.165) is 0 Å². The largest absolute Gasteiger partial charge is 0.366 e. The molecule has 1 aromatic heterocycles. The van der Waals surface area contributed by atoms with Gasteiger partial charge >= 0.3 is 5.69 Å². The lowest BCUT2D eigenvalue weighted by Gasteiger charge is -2.08. The summed E-state index contributed by atoms with van der Waals surface area (Å²) in [5.41, 5.74) is 7.18. The Labute approximate surface area is 149 Å². The maximum Gasteiger partial charge on any atom is 0.328 e. The Bertz CT molecular complexity index is 1160. The molecule has 0 bridgehead atoms. The van der Waals surface area contributed by atoms with Crippen LogP contribution in [0.25, 0.3) is 11.0 Å². The highest BCUT2D eigenvalue weighted by atomic mass is 32.2. The lowest BCUT2D eigenvalue weighted by Crippen LogP contribution is -2.23. The molecular formula is C17H18N4O4S.